The van der Waals surface area contributed by atoms with Gasteiger partial charge in [-0.05, 0) is 12.8 Å². The average molecular weight is 210 g/mol. The summed E-state index contributed by atoms with van der Waals surface area (Å²) in [4.78, 5) is 0. The molecule has 1 fully saturated rings. The van der Waals surface area contributed by atoms with Crippen molar-refractivity contribution >= 4 is 0 Å². The van der Waals surface area contributed by atoms with Gasteiger partial charge < -0.3 is 15.0 Å². The third-order valence-corrected chi connectivity index (χ3v) is 3.11. The van der Waals surface area contributed by atoms with Crippen LogP contribution in [0.1, 0.15) is 43.7 Å². The van der Waals surface area contributed by atoms with Crippen LogP contribution >= 0.6 is 0 Å². The smallest absolute Gasteiger partial charge is 0.163 e. The second-order valence-electron chi connectivity index (χ2n) is 3.99. The highest BCUT2D eigenvalue weighted by molar-refractivity contribution is 4.96. The molecule has 0 amide bonds. The maximum absolute atomic E-state index is 5.64. The molecule has 15 heavy (non-hydrogen) atoms. The van der Waals surface area contributed by atoms with Crippen LogP contribution in [0.25, 0.3) is 0 Å². The number of rotatable bonds is 4. The minimum Gasteiger partial charge on any atom is -0.372 e. The molecule has 1 aliphatic carbocycles. The molecule has 0 aromatic carbocycles. The van der Waals surface area contributed by atoms with Crippen LogP contribution in [0.5, 0.6) is 0 Å². The normalized spacial score (nSPS) is 19.6. The lowest BCUT2D eigenvalue weighted by molar-refractivity contribution is 0.0978. The molecule has 5 nitrogen and oxygen atoms in total. The van der Waals surface area contributed by atoms with E-state index in [1.54, 1.807) is 13.4 Å². The Morgan fingerprint density at radius 1 is 1.60 bits per heavy atom. The van der Waals surface area contributed by atoms with Crippen LogP contribution in [0.4, 0.5) is 0 Å². The van der Waals surface area contributed by atoms with Crippen LogP contribution < -0.4 is 5.73 Å². The number of ether oxygens (including phenoxy) is 1. The molecule has 1 atom stereocenters. The number of aromatic nitrogens is 3. The predicted molar refractivity (Wildman–Crippen MR) is 56.3 cm³/mol. The lowest BCUT2D eigenvalue weighted by atomic mass is 10.2. The van der Waals surface area contributed by atoms with Gasteiger partial charge in [-0.2, -0.15) is 0 Å². The van der Waals surface area contributed by atoms with Gasteiger partial charge in [0, 0.05) is 19.7 Å². The van der Waals surface area contributed by atoms with Crippen LogP contribution in [0, 0.1) is 0 Å². The number of hydrogen-bond acceptors (Lipinski definition) is 4. The zero-order valence-electron chi connectivity index (χ0n) is 9.09. The fourth-order valence-electron chi connectivity index (χ4n) is 2.25. The van der Waals surface area contributed by atoms with Crippen molar-refractivity contribution in [1.29, 1.82) is 0 Å². The van der Waals surface area contributed by atoms with Gasteiger partial charge >= 0.3 is 0 Å². The van der Waals surface area contributed by atoms with Crippen molar-refractivity contribution in [2.75, 3.05) is 13.7 Å². The summed E-state index contributed by atoms with van der Waals surface area (Å²) < 4.78 is 7.43. The molecule has 0 saturated heterocycles. The molecule has 1 unspecified atom stereocenters. The summed E-state index contributed by atoms with van der Waals surface area (Å²) in [6.07, 6.45) is 6.68. The maximum atomic E-state index is 5.64. The third kappa shape index (κ3) is 2.03. The van der Waals surface area contributed by atoms with Gasteiger partial charge in [0.2, 0.25) is 0 Å². The van der Waals surface area contributed by atoms with Crippen LogP contribution in [-0.2, 0) is 4.74 Å². The van der Waals surface area contributed by atoms with E-state index in [1.165, 1.54) is 25.7 Å². The minimum absolute atomic E-state index is 0.131. The summed E-state index contributed by atoms with van der Waals surface area (Å²) in [5.74, 6) is 0.868. The van der Waals surface area contributed by atoms with E-state index < -0.39 is 0 Å². The standard InChI is InChI=1S/C10H18N4O/c1-15-9(6-11)10-13-12-7-14(10)8-4-2-3-5-8/h7-9H,2-6,11H2,1H3. The molecule has 1 aromatic rings. The zero-order chi connectivity index (χ0) is 10.7. The van der Waals surface area contributed by atoms with Crippen LogP contribution in [0.3, 0.4) is 0 Å². The molecule has 2 N–H and O–H groups in total. The summed E-state index contributed by atoms with van der Waals surface area (Å²) in [5.41, 5.74) is 5.64. The van der Waals surface area contributed by atoms with Crippen LogP contribution in [0.15, 0.2) is 6.33 Å². The van der Waals surface area contributed by atoms with Crippen molar-refractivity contribution in [3.63, 3.8) is 0 Å². The SMILES string of the molecule is COC(CN)c1nncn1C1CCCC1. The number of nitrogens with two attached hydrogens (primary N) is 1. The molecular weight excluding hydrogens is 192 g/mol. The maximum Gasteiger partial charge on any atom is 0.163 e. The Hall–Kier alpha value is -0.940. The molecule has 1 saturated carbocycles. The van der Waals surface area contributed by atoms with Gasteiger partial charge in [0.05, 0.1) is 0 Å². The summed E-state index contributed by atoms with van der Waals surface area (Å²) in [7, 11) is 1.66. The minimum atomic E-state index is -0.131. The number of nitrogens with zero attached hydrogens (tertiary/aromatic N) is 3. The highest BCUT2D eigenvalue weighted by atomic mass is 16.5. The van der Waals surface area contributed by atoms with Gasteiger partial charge in [-0.15, -0.1) is 10.2 Å². The third-order valence-electron chi connectivity index (χ3n) is 3.11. The van der Waals surface area contributed by atoms with E-state index in [0.29, 0.717) is 12.6 Å². The van der Waals surface area contributed by atoms with Crippen molar-refractivity contribution in [1.82, 2.24) is 14.8 Å². The predicted octanol–water partition coefficient (Wildman–Crippen LogP) is 1.04. The summed E-state index contributed by atoms with van der Waals surface area (Å²) >= 11 is 0. The highest BCUT2D eigenvalue weighted by Gasteiger charge is 2.23. The van der Waals surface area contributed by atoms with Gasteiger partial charge in [0.25, 0.3) is 0 Å². The van der Waals surface area contributed by atoms with Gasteiger partial charge in [-0.25, -0.2) is 0 Å². The molecular formula is C10H18N4O. The van der Waals surface area contributed by atoms with Gasteiger partial charge in [0.15, 0.2) is 5.82 Å². The molecule has 0 radical (unpaired) electrons. The first-order valence-electron chi connectivity index (χ1n) is 5.49. The summed E-state index contributed by atoms with van der Waals surface area (Å²) in [5, 5.41) is 8.07. The van der Waals surface area contributed by atoms with E-state index in [2.05, 4.69) is 14.8 Å². The van der Waals surface area contributed by atoms with Crippen molar-refractivity contribution in [3.8, 4) is 0 Å². The largest absolute Gasteiger partial charge is 0.372 e. The van der Waals surface area contributed by atoms with Gasteiger partial charge in [0.1, 0.15) is 12.4 Å². The highest BCUT2D eigenvalue weighted by Crippen LogP contribution is 2.31. The number of hydrogen-bond donors (Lipinski definition) is 1. The van der Waals surface area contributed by atoms with E-state index in [-0.39, 0.29) is 6.10 Å². The molecule has 5 heteroatoms. The molecule has 0 bridgehead atoms. The second-order valence-corrected chi connectivity index (χ2v) is 3.99. The average Bonchev–Trinajstić information content (AvgIpc) is 2.88. The van der Waals surface area contributed by atoms with E-state index in [1.807, 2.05) is 0 Å². The topological polar surface area (TPSA) is 66.0 Å². The Morgan fingerprint density at radius 2 is 2.33 bits per heavy atom. The Kier molecular flexibility index (Phi) is 3.33. The lowest BCUT2D eigenvalue weighted by Crippen LogP contribution is -2.20. The van der Waals surface area contributed by atoms with E-state index in [4.69, 9.17) is 10.5 Å². The Morgan fingerprint density at radius 3 is 2.93 bits per heavy atom. The summed E-state index contributed by atoms with van der Waals surface area (Å²) in [6, 6.07) is 0.541. The van der Waals surface area contributed by atoms with E-state index >= 15 is 0 Å². The second kappa shape index (κ2) is 4.72. The molecule has 0 spiro atoms. The quantitative estimate of drug-likeness (QED) is 0.806. The van der Waals surface area contributed by atoms with Gasteiger partial charge in [-0.3, -0.25) is 0 Å². The van der Waals surface area contributed by atoms with Crippen LogP contribution in [0.2, 0.25) is 0 Å². The fourth-order valence-corrected chi connectivity index (χ4v) is 2.25. The molecule has 1 aromatic heterocycles. The van der Waals surface area contributed by atoms with Crippen molar-refractivity contribution in [2.45, 2.75) is 37.8 Å². The molecule has 84 valence electrons. The van der Waals surface area contributed by atoms with Crippen LogP contribution in [-0.4, -0.2) is 28.4 Å². The molecule has 2 rings (SSSR count). The first-order valence-corrected chi connectivity index (χ1v) is 5.49. The monoisotopic (exact) mass is 210 g/mol. The Labute approximate surface area is 89.6 Å². The molecule has 0 aliphatic heterocycles. The Bertz CT molecular complexity index is 286. The van der Waals surface area contributed by atoms with E-state index in [9.17, 15) is 0 Å². The van der Waals surface area contributed by atoms with Crippen molar-refractivity contribution in [3.05, 3.63) is 12.2 Å². The first kappa shape index (κ1) is 10.6. The summed E-state index contributed by atoms with van der Waals surface area (Å²) in [6.45, 7) is 0.446. The van der Waals surface area contributed by atoms with Crippen molar-refractivity contribution < 1.29 is 4.74 Å². The fraction of sp³-hybridized carbons (Fsp3) is 0.800. The zero-order valence-corrected chi connectivity index (χ0v) is 9.09. The Balaban J connectivity index is 2.20. The first-order chi connectivity index (χ1) is 7.36. The number of methoxy groups -OCH3 is 1. The lowest BCUT2D eigenvalue weighted by Gasteiger charge is -2.18. The molecule has 1 heterocycles. The van der Waals surface area contributed by atoms with Crippen molar-refractivity contribution in [2.24, 2.45) is 5.73 Å². The molecule has 1 aliphatic rings. The van der Waals surface area contributed by atoms with E-state index in [0.717, 1.165) is 5.82 Å². The van der Waals surface area contributed by atoms with Gasteiger partial charge in [-0.1, -0.05) is 12.8 Å².